The highest BCUT2D eigenvalue weighted by Crippen LogP contribution is 2.57. The van der Waals surface area contributed by atoms with Gasteiger partial charge in [-0.3, -0.25) is 0 Å². The van der Waals surface area contributed by atoms with Crippen LogP contribution in [0, 0.1) is 0 Å². The van der Waals surface area contributed by atoms with Crippen LogP contribution in [0.2, 0.25) is 0 Å². The second kappa shape index (κ2) is 17.1. The minimum Gasteiger partial charge on any atom is -0.311 e. The lowest BCUT2D eigenvalue weighted by Crippen LogP contribution is -2.61. The van der Waals surface area contributed by atoms with E-state index in [9.17, 15) is 0 Å². The fourth-order valence-electron chi connectivity index (χ4n) is 12.4. The van der Waals surface area contributed by atoms with E-state index in [-0.39, 0.29) is 39.2 Å². The number of nitrogens with zero attached hydrogens (tertiary/aromatic N) is 3. The molecule has 8 aromatic carbocycles. The molecule has 380 valence electrons. The van der Waals surface area contributed by atoms with Crippen LogP contribution in [0.1, 0.15) is 157 Å². The predicted molar refractivity (Wildman–Crippen MR) is 326 cm³/mol. The van der Waals surface area contributed by atoms with Crippen molar-refractivity contribution >= 4 is 74.3 Å². The number of benzene rings is 8. The summed E-state index contributed by atoms with van der Waals surface area (Å²) in [6.07, 6.45) is 0. The summed E-state index contributed by atoms with van der Waals surface area (Å²) in [5.74, 6) is 0. The maximum absolute atomic E-state index is 2.62. The van der Waals surface area contributed by atoms with Crippen molar-refractivity contribution < 1.29 is 0 Å². The van der Waals surface area contributed by atoms with Gasteiger partial charge in [0.1, 0.15) is 0 Å². The number of hydrogen-bond donors (Lipinski definition) is 0. The Labute approximate surface area is 450 Å². The van der Waals surface area contributed by atoms with Crippen LogP contribution in [0.5, 0.6) is 0 Å². The van der Waals surface area contributed by atoms with Gasteiger partial charge in [-0.05, 0) is 166 Å². The van der Waals surface area contributed by atoms with Crippen molar-refractivity contribution in [2.45, 2.75) is 150 Å². The van der Waals surface area contributed by atoms with Gasteiger partial charge in [0.05, 0.1) is 5.69 Å². The van der Waals surface area contributed by atoms with Crippen LogP contribution < -0.4 is 31.1 Å². The number of rotatable bonds is 5. The topological polar surface area (TPSA) is 9.72 Å². The van der Waals surface area contributed by atoms with E-state index in [0.717, 1.165) is 17.1 Å². The molecule has 4 heteroatoms. The number of anilines is 9. The Morgan fingerprint density at radius 3 is 1.24 bits per heavy atom. The van der Waals surface area contributed by atoms with Gasteiger partial charge in [-0.25, -0.2) is 0 Å². The van der Waals surface area contributed by atoms with Gasteiger partial charge in [-0.1, -0.05) is 209 Å². The Balaban J connectivity index is 1.23. The average molecular weight is 984 g/mol. The van der Waals surface area contributed by atoms with Gasteiger partial charge >= 0.3 is 0 Å². The molecule has 0 amide bonds. The summed E-state index contributed by atoms with van der Waals surface area (Å²) < 4.78 is 0. The lowest BCUT2D eigenvalue weighted by atomic mass is 9.33. The van der Waals surface area contributed by atoms with E-state index in [1.54, 1.807) is 0 Å². The first-order chi connectivity index (χ1) is 35.1. The van der Waals surface area contributed by atoms with Crippen molar-refractivity contribution in [1.29, 1.82) is 0 Å². The molecule has 1 aliphatic carbocycles. The Morgan fingerprint density at radius 1 is 0.373 bits per heavy atom. The summed E-state index contributed by atoms with van der Waals surface area (Å²) in [5.41, 5.74) is 26.3. The molecular formula is C71H78BN3. The molecule has 3 aliphatic rings. The Hall–Kier alpha value is -6.78. The first-order valence-electron chi connectivity index (χ1n) is 27.5. The quantitative estimate of drug-likeness (QED) is 0.159. The standard InChI is InChI=1S/C71H78BN3/c1-66(2,3)45-25-33-50(34-26-45)73(51-35-27-46(28-36-51)67(4,5)6)63-44-53(43-55-54-21-18-19-22-56(54)71(16,17)64(55)63)75-60-40-32-49(70(13,14)15)42-58(60)72-57-41-48(69(10,11)12)31-39-59(57)74(61-23-20-24-62(75)65(61)72)52-37-29-47(30-38-52)68(7,8)9/h18-44H,1-17H3. The third kappa shape index (κ3) is 8.43. The van der Waals surface area contributed by atoms with Gasteiger partial charge in [0.2, 0.25) is 0 Å². The third-order valence-corrected chi connectivity index (χ3v) is 16.8. The molecule has 8 aromatic rings. The predicted octanol–water partition coefficient (Wildman–Crippen LogP) is 18.0. The van der Waals surface area contributed by atoms with Crippen LogP contribution in [0.3, 0.4) is 0 Å². The highest BCUT2D eigenvalue weighted by molar-refractivity contribution is 7.00. The minimum atomic E-state index is -0.287. The molecule has 0 unspecified atom stereocenters. The van der Waals surface area contributed by atoms with Gasteiger partial charge < -0.3 is 14.7 Å². The van der Waals surface area contributed by atoms with E-state index in [1.165, 1.54) is 101 Å². The second-order valence-corrected chi connectivity index (χ2v) is 27.6. The SMILES string of the molecule is CC(C)(C)c1ccc(N(c2ccc(C(C)(C)C)cc2)c2cc(N3c4ccc(C(C)(C)C)cc4B4c5cc(C(C)(C)C)ccc5N(c5ccc(C(C)(C)C)cc5)c5cccc3c54)cc3c2C(C)(C)c2ccccc2-3)cc1. The highest BCUT2D eigenvalue weighted by Gasteiger charge is 2.46. The van der Waals surface area contributed by atoms with Crippen molar-refractivity contribution in [3.63, 3.8) is 0 Å². The monoisotopic (exact) mass is 984 g/mol. The third-order valence-electron chi connectivity index (χ3n) is 16.8. The van der Waals surface area contributed by atoms with Crippen LogP contribution in [0.25, 0.3) is 11.1 Å². The molecular weight excluding hydrogens is 906 g/mol. The molecule has 3 nitrogen and oxygen atoms in total. The molecule has 0 spiro atoms. The maximum atomic E-state index is 2.62. The summed E-state index contributed by atoms with van der Waals surface area (Å²) in [6.45, 7) is 39.7. The maximum Gasteiger partial charge on any atom is 0.252 e. The first-order valence-corrected chi connectivity index (χ1v) is 27.5. The average Bonchev–Trinajstić information content (AvgIpc) is 3.59. The molecule has 0 atom stereocenters. The molecule has 75 heavy (non-hydrogen) atoms. The van der Waals surface area contributed by atoms with Gasteiger partial charge in [0, 0.05) is 50.9 Å². The van der Waals surface area contributed by atoms with Gasteiger partial charge in [-0.2, -0.15) is 0 Å². The van der Waals surface area contributed by atoms with Crippen LogP contribution in [0.15, 0.2) is 164 Å². The van der Waals surface area contributed by atoms with Crippen LogP contribution in [0.4, 0.5) is 51.2 Å². The summed E-state index contributed by atoms with van der Waals surface area (Å²) in [4.78, 5) is 7.73. The van der Waals surface area contributed by atoms with E-state index in [4.69, 9.17) is 0 Å². The number of hydrogen-bond acceptors (Lipinski definition) is 3. The van der Waals surface area contributed by atoms with Crippen molar-refractivity contribution in [3.8, 4) is 11.1 Å². The smallest absolute Gasteiger partial charge is 0.252 e. The molecule has 0 N–H and O–H groups in total. The summed E-state index contributed by atoms with van der Waals surface area (Å²) in [6, 6.07) is 64.1. The second-order valence-electron chi connectivity index (χ2n) is 27.6. The van der Waals surface area contributed by atoms with Gasteiger partial charge in [-0.15, -0.1) is 0 Å². The molecule has 0 fully saturated rings. The Morgan fingerprint density at radius 2 is 0.787 bits per heavy atom. The largest absolute Gasteiger partial charge is 0.311 e. The van der Waals surface area contributed by atoms with Crippen LogP contribution in [-0.2, 0) is 32.5 Å². The van der Waals surface area contributed by atoms with Crippen LogP contribution in [-0.4, -0.2) is 6.71 Å². The molecule has 0 saturated heterocycles. The van der Waals surface area contributed by atoms with E-state index in [0.29, 0.717) is 0 Å². The van der Waals surface area contributed by atoms with Gasteiger partial charge in [0.15, 0.2) is 0 Å². The van der Waals surface area contributed by atoms with Crippen molar-refractivity contribution in [2.75, 3.05) is 14.7 Å². The zero-order valence-electron chi connectivity index (χ0n) is 48.0. The van der Waals surface area contributed by atoms with E-state index in [1.807, 2.05) is 0 Å². The fourth-order valence-corrected chi connectivity index (χ4v) is 12.4. The summed E-state index contributed by atoms with van der Waals surface area (Å²) in [5, 5.41) is 0. The van der Waals surface area contributed by atoms with E-state index in [2.05, 4.69) is 296 Å². The molecule has 0 bridgehead atoms. The van der Waals surface area contributed by atoms with E-state index < -0.39 is 0 Å². The van der Waals surface area contributed by atoms with Crippen molar-refractivity contribution in [3.05, 3.63) is 203 Å². The lowest BCUT2D eigenvalue weighted by molar-refractivity contribution is 0.590. The Kier molecular flexibility index (Phi) is 11.5. The van der Waals surface area contributed by atoms with Crippen LogP contribution >= 0.6 is 0 Å². The molecule has 0 aromatic heterocycles. The lowest BCUT2D eigenvalue weighted by Gasteiger charge is -2.45. The molecule has 0 radical (unpaired) electrons. The fraction of sp³-hybridized carbons (Fsp3) is 0.324. The molecule has 0 saturated carbocycles. The molecule has 2 aliphatic heterocycles. The number of fused-ring (bicyclic) bond motifs is 7. The minimum absolute atomic E-state index is 0.000124. The zero-order chi connectivity index (χ0) is 53.5. The van der Waals surface area contributed by atoms with Crippen molar-refractivity contribution in [2.24, 2.45) is 0 Å². The molecule has 11 rings (SSSR count). The highest BCUT2D eigenvalue weighted by atomic mass is 15.2. The first kappa shape index (κ1) is 50.4. The molecule has 2 heterocycles. The Bertz CT molecular complexity index is 3470. The normalized spacial score (nSPS) is 14.8. The van der Waals surface area contributed by atoms with Crippen molar-refractivity contribution in [1.82, 2.24) is 0 Å². The zero-order valence-corrected chi connectivity index (χ0v) is 48.0. The summed E-state index contributed by atoms with van der Waals surface area (Å²) >= 11 is 0. The van der Waals surface area contributed by atoms with E-state index >= 15 is 0 Å². The summed E-state index contributed by atoms with van der Waals surface area (Å²) in [7, 11) is 0. The van der Waals surface area contributed by atoms with Gasteiger partial charge in [0.25, 0.3) is 6.71 Å².